The van der Waals surface area contributed by atoms with Crippen molar-refractivity contribution in [2.45, 2.75) is 13.3 Å². The molecule has 0 fully saturated rings. The van der Waals surface area contributed by atoms with E-state index in [1.807, 2.05) is 0 Å². The summed E-state index contributed by atoms with van der Waals surface area (Å²) in [7, 11) is 0. The molecule has 0 saturated heterocycles. The lowest BCUT2D eigenvalue weighted by Crippen LogP contribution is -2.37. The van der Waals surface area contributed by atoms with Crippen LogP contribution in [-0.2, 0) is 4.74 Å². The third kappa shape index (κ3) is 2.26. The molecule has 0 N–H and O–H groups in total. The zero-order chi connectivity index (χ0) is 12.4. The molecule has 0 atom stereocenters. The number of carbonyl (C=O) groups is 2. The summed E-state index contributed by atoms with van der Waals surface area (Å²) in [5.74, 6) is 0.00282. The Hall–Kier alpha value is -1.55. The highest BCUT2D eigenvalue weighted by molar-refractivity contribution is 6.31. The lowest BCUT2D eigenvalue weighted by Gasteiger charge is -2.27. The number of ether oxygens (including phenoxy) is 1. The van der Waals surface area contributed by atoms with Crippen molar-refractivity contribution in [1.29, 1.82) is 0 Å². The highest BCUT2D eigenvalue weighted by atomic mass is 35.5. The Morgan fingerprint density at radius 1 is 1.53 bits per heavy atom. The van der Waals surface area contributed by atoms with Gasteiger partial charge in [-0.25, -0.2) is 4.79 Å². The van der Waals surface area contributed by atoms with E-state index in [0.29, 0.717) is 35.8 Å². The van der Waals surface area contributed by atoms with E-state index in [4.69, 9.17) is 16.3 Å². The van der Waals surface area contributed by atoms with Crippen molar-refractivity contribution in [1.82, 2.24) is 0 Å². The molecule has 1 aromatic rings. The van der Waals surface area contributed by atoms with Crippen LogP contribution in [-0.4, -0.2) is 25.0 Å². The highest BCUT2D eigenvalue weighted by Gasteiger charge is 2.28. The smallest absolute Gasteiger partial charge is 0.414 e. The lowest BCUT2D eigenvalue weighted by atomic mass is 10.0. The Labute approximate surface area is 104 Å². The van der Waals surface area contributed by atoms with E-state index in [0.717, 1.165) is 0 Å². The van der Waals surface area contributed by atoms with E-state index in [-0.39, 0.29) is 5.78 Å². The summed E-state index contributed by atoms with van der Waals surface area (Å²) >= 11 is 5.84. The summed E-state index contributed by atoms with van der Waals surface area (Å²) in [4.78, 5) is 24.9. The van der Waals surface area contributed by atoms with Gasteiger partial charge in [0.05, 0.1) is 12.3 Å². The van der Waals surface area contributed by atoms with Crippen LogP contribution in [0.3, 0.4) is 0 Å². The van der Waals surface area contributed by atoms with Crippen LogP contribution in [0.5, 0.6) is 0 Å². The second-order valence-corrected chi connectivity index (χ2v) is 4.12. The minimum Gasteiger partial charge on any atom is -0.449 e. The Kier molecular flexibility index (Phi) is 3.33. The number of ketones is 1. The van der Waals surface area contributed by atoms with Crippen molar-refractivity contribution in [2.24, 2.45) is 0 Å². The van der Waals surface area contributed by atoms with Crippen LogP contribution in [0.25, 0.3) is 0 Å². The normalized spacial score (nSPS) is 14.5. The summed E-state index contributed by atoms with van der Waals surface area (Å²) in [6.07, 6.45) is -0.129. The van der Waals surface area contributed by atoms with E-state index in [9.17, 15) is 9.59 Å². The molecule has 1 heterocycles. The number of anilines is 1. The number of amides is 1. The van der Waals surface area contributed by atoms with Crippen LogP contribution >= 0.6 is 11.6 Å². The fraction of sp³-hybridized carbons (Fsp3) is 0.333. The monoisotopic (exact) mass is 253 g/mol. The molecule has 4 nitrogen and oxygen atoms in total. The molecule has 0 saturated carbocycles. The van der Waals surface area contributed by atoms with Crippen LogP contribution < -0.4 is 4.90 Å². The average molecular weight is 254 g/mol. The van der Waals surface area contributed by atoms with Crippen molar-refractivity contribution in [3.8, 4) is 0 Å². The molecule has 5 heteroatoms. The predicted octanol–water partition coefficient (Wildman–Crippen LogP) is 2.89. The first-order valence-corrected chi connectivity index (χ1v) is 5.78. The van der Waals surface area contributed by atoms with Gasteiger partial charge in [-0.05, 0) is 25.1 Å². The third-order valence-electron chi connectivity index (χ3n) is 2.60. The molecule has 0 aromatic heterocycles. The molecule has 1 aromatic carbocycles. The van der Waals surface area contributed by atoms with Gasteiger partial charge in [-0.2, -0.15) is 0 Å². The van der Waals surface area contributed by atoms with E-state index >= 15 is 0 Å². The second kappa shape index (κ2) is 4.75. The maximum atomic E-state index is 11.7. The Morgan fingerprint density at radius 3 is 3.00 bits per heavy atom. The summed E-state index contributed by atoms with van der Waals surface area (Å²) in [6, 6.07) is 4.92. The number of hydrogen-bond donors (Lipinski definition) is 0. The number of Topliss-reactive ketones (excluding diaryl/α,β-unsaturated/α-hetero) is 1. The quantitative estimate of drug-likeness (QED) is 0.773. The standard InChI is InChI=1S/C12H12ClNO3/c1-2-17-12(16)14-6-5-11(15)9-7-8(13)3-4-10(9)14/h3-4,7H,2,5-6H2,1H3. The second-order valence-electron chi connectivity index (χ2n) is 3.69. The SMILES string of the molecule is CCOC(=O)N1CCC(=O)c2cc(Cl)ccc21. The van der Waals surface area contributed by atoms with Gasteiger partial charge >= 0.3 is 6.09 Å². The molecule has 0 unspecified atom stereocenters. The maximum absolute atomic E-state index is 11.7. The predicted molar refractivity (Wildman–Crippen MR) is 64.8 cm³/mol. The molecular formula is C12H12ClNO3. The van der Waals surface area contributed by atoms with Gasteiger partial charge in [-0.1, -0.05) is 11.6 Å². The van der Waals surface area contributed by atoms with Gasteiger partial charge < -0.3 is 4.74 Å². The fourth-order valence-corrected chi connectivity index (χ4v) is 2.00. The molecule has 1 aliphatic heterocycles. The Balaban J connectivity index is 2.39. The van der Waals surface area contributed by atoms with E-state index in [2.05, 4.69) is 0 Å². The molecule has 17 heavy (non-hydrogen) atoms. The minimum absolute atomic E-state index is 0.00282. The minimum atomic E-state index is -0.427. The summed E-state index contributed by atoms with van der Waals surface area (Å²) < 4.78 is 4.95. The zero-order valence-electron chi connectivity index (χ0n) is 9.40. The first-order chi connectivity index (χ1) is 8.13. The van der Waals surface area contributed by atoms with Gasteiger partial charge in [-0.15, -0.1) is 0 Å². The summed E-state index contributed by atoms with van der Waals surface area (Å²) in [5, 5.41) is 0.489. The van der Waals surface area contributed by atoms with E-state index in [1.54, 1.807) is 25.1 Å². The molecule has 0 radical (unpaired) electrons. The number of nitrogens with zero attached hydrogens (tertiary/aromatic N) is 1. The number of hydrogen-bond acceptors (Lipinski definition) is 3. The van der Waals surface area contributed by atoms with Gasteiger partial charge in [0.2, 0.25) is 0 Å². The highest BCUT2D eigenvalue weighted by Crippen LogP contribution is 2.29. The number of benzene rings is 1. The zero-order valence-corrected chi connectivity index (χ0v) is 10.2. The third-order valence-corrected chi connectivity index (χ3v) is 2.84. The number of rotatable bonds is 1. The molecule has 1 amide bonds. The average Bonchev–Trinajstić information content (AvgIpc) is 2.30. The number of halogens is 1. The van der Waals surface area contributed by atoms with Crippen molar-refractivity contribution >= 4 is 29.2 Å². The largest absolute Gasteiger partial charge is 0.449 e. The molecule has 0 spiro atoms. The molecule has 90 valence electrons. The Morgan fingerprint density at radius 2 is 2.29 bits per heavy atom. The fourth-order valence-electron chi connectivity index (χ4n) is 1.83. The van der Waals surface area contributed by atoms with Crippen molar-refractivity contribution < 1.29 is 14.3 Å². The van der Waals surface area contributed by atoms with Gasteiger partial charge in [0, 0.05) is 23.6 Å². The molecule has 2 rings (SSSR count). The van der Waals surface area contributed by atoms with Gasteiger partial charge in [0.1, 0.15) is 0 Å². The topological polar surface area (TPSA) is 46.6 Å². The molecule has 0 bridgehead atoms. The number of carbonyl (C=O) groups excluding carboxylic acids is 2. The van der Waals surface area contributed by atoms with Crippen LogP contribution in [0.1, 0.15) is 23.7 Å². The lowest BCUT2D eigenvalue weighted by molar-refractivity contribution is 0.0978. The van der Waals surface area contributed by atoms with E-state index < -0.39 is 6.09 Å². The van der Waals surface area contributed by atoms with Crippen LogP contribution in [0.4, 0.5) is 10.5 Å². The van der Waals surface area contributed by atoms with E-state index in [1.165, 1.54) is 4.90 Å². The van der Waals surface area contributed by atoms with Gasteiger partial charge in [-0.3, -0.25) is 9.69 Å². The number of fused-ring (bicyclic) bond motifs is 1. The van der Waals surface area contributed by atoms with Crippen molar-refractivity contribution in [3.05, 3.63) is 28.8 Å². The Bertz CT molecular complexity index is 473. The van der Waals surface area contributed by atoms with Crippen LogP contribution in [0.15, 0.2) is 18.2 Å². The molecular weight excluding hydrogens is 242 g/mol. The van der Waals surface area contributed by atoms with Crippen molar-refractivity contribution in [2.75, 3.05) is 18.1 Å². The van der Waals surface area contributed by atoms with Gasteiger partial charge in [0.15, 0.2) is 5.78 Å². The maximum Gasteiger partial charge on any atom is 0.414 e. The summed E-state index contributed by atoms with van der Waals surface area (Å²) in [5.41, 5.74) is 1.06. The molecule has 0 aliphatic carbocycles. The molecule has 1 aliphatic rings. The van der Waals surface area contributed by atoms with Crippen molar-refractivity contribution in [3.63, 3.8) is 0 Å². The van der Waals surface area contributed by atoms with Crippen LogP contribution in [0.2, 0.25) is 5.02 Å². The van der Waals surface area contributed by atoms with Gasteiger partial charge in [0.25, 0.3) is 0 Å². The van der Waals surface area contributed by atoms with Crippen LogP contribution in [0, 0.1) is 0 Å². The first kappa shape index (κ1) is 11.9. The summed E-state index contributed by atoms with van der Waals surface area (Å²) in [6.45, 7) is 2.41. The first-order valence-electron chi connectivity index (χ1n) is 5.40.